The Balaban J connectivity index is 2.23. The quantitative estimate of drug-likeness (QED) is 0.639. The Labute approximate surface area is 114 Å². The van der Waals surface area contributed by atoms with Crippen LogP contribution >= 0.6 is 11.8 Å². The molecule has 18 heavy (non-hydrogen) atoms. The van der Waals surface area contributed by atoms with Crippen LogP contribution in [0.2, 0.25) is 0 Å². The van der Waals surface area contributed by atoms with Crippen LogP contribution in [-0.4, -0.2) is 16.4 Å². The van der Waals surface area contributed by atoms with Gasteiger partial charge in [0.25, 0.3) is 0 Å². The third kappa shape index (κ3) is 2.61. The van der Waals surface area contributed by atoms with Crippen LogP contribution in [-0.2, 0) is 0 Å². The fraction of sp³-hybridized carbons (Fsp3) is 0.867. The van der Waals surface area contributed by atoms with E-state index in [0.717, 1.165) is 13.3 Å². The molecular weight excluding hydrogens is 250 g/mol. The van der Waals surface area contributed by atoms with Crippen molar-refractivity contribution in [2.24, 2.45) is 17.8 Å². The van der Waals surface area contributed by atoms with Gasteiger partial charge in [0.1, 0.15) is 0 Å². The van der Waals surface area contributed by atoms with E-state index in [1.165, 1.54) is 5.57 Å². The summed E-state index contributed by atoms with van der Waals surface area (Å²) in [5.74, 6) is -1.28. The van der Waals surface area contributed by atoms with Gasteiger partial charge in [0.2, 0.25) is 5.92 Å². The van der Waals surface area contributed by atoms with E-state index in [4.69, 9.17) is 0 Å². The van der Waals surface area contributed by atoms with Gasteiger partial charge in [0.05, 0.1) is 0 Å². The van der Waals surface area contributed by atoms with Gasteiger partial charge in [0.15, 0.2) is 0 Å². The summed E-state index contributed by atoms with van der Waals surface area (Å²) in [7, 11) is 0. The van der Waals surface area contributed by atoms with Crippen LogP contribution in [0.5, 0.6) is 0 Å². The molecule has 2 bridgehead atoms. The first kappa shape index (κ1) is 14.4. The van der Waals surface area contributed by atoms with Crippen molar-refractivity contribution in [2.75, 3.05) is 0 Å². The van der Waals surface area contributed by atoms with E-state index in [9.17, 15) is 8.78 Å². The predicted molar refractivity (Wildman–Crippen MR) is 75.2 cm³/mol. The summed E-state index contributed by atoms with van der Waals surface area (Å²) in [6, 6.07) is 0. The second kappa shape index (κ2) is 4.81. The van der Waals surface area contributed by atoms with Gasteiger partial charge in [0, 0.05) is 16.9 Å². The van der Waals surface area contributed by atoms with Crippen molar-refractivity contribution in [3.05, 3.63) is 11.1 Å². The van der Waals surface area contributed by atoms with Gasteiger partial charge in [-0.15, -0.1) is 11.8 Å². The molecule has 3 heteroatoms. The number of fused-ring (bicyclic) bond motifs is 2. The van der Waals surface area contributed by atoms with Crippen LogP contribution < -0.4 is 0 Å². The topological polar surface area (TPSA) is 0 Å². The molecule has 0 radical (unpaired) electrons. The van der Waals surface area contributed by atoms with Crippen LogP contribution in [0, 0.1) is 17.8 Å². The van der Waals surface area contributed by atoms with Crippen molar-refractivity contribution >= 4 is 11.8 Å². The number of hydrogen-bond donors (Lipinski definition) is 0. The lowest BCUT2D eigenvalue weighted by molar-refractivity contribution is -0.00360. The second-order valence-corrected chi connectivity index (χ2v) is 7.88. The molecule has 0 saturated carbocycles. The van der Waals surface area contributed by atoms with Crippen LogP contribution in [0.3, 0.4) is 0 Å². The summed E-state index contributed by atoms with van der Waals surface area (Å²) < 4.78 is 26.5. The summed E-state index contributed by atoms with van der Waals surface area (Å²) in [6.45, 7) is 9.96. The Morgan fingerprint density at radius 3 is 2.17 bits per heavy atom. The summed E-state index contributed by atoms with van der Waals surface area (Å²) in [4.78, 5) is 0. The maximum absolute atomic E-state index is 13.3. The average Bonchev–Trinajstić information content (AvgIpc) is 2.70. The van der Waals surface area contributed by atoms with Crippen LogP contribution in [0.25, 0.3) is 0 Å². The summed E-state index contributed by atoms with van der Waals surface area (Å²) in [5.41, 5.74) is 3.05. The zero-order valence-corrected chi connectivity index (χ0v) is 12.8. The zero-order valence-electron chi connectivity index (χ0n) is 12.0. The smallest absolute Gasteiger partial charge is 0.207 e. The van der Waals surface area contributed by atoms with E-state index in [0.29, 0.717) is 22.3 Å². The molecule has 0 aromatic heterocycles. The van der Waals surface area contributed by atoms with E-state index < -0.39 is 5.92 Å². The fourth-order valence-corrected chi connectivity index (χ4v) is 5.89. The summed E-state index contributed by atoms with van der Waals surface area (Å²) in [6.07, 6.45) is 1.02. The van der Waals surface area contributed by atoms with Gasteiger partial charge in [-0.2, -0.15) is 0 Å². The highest BCUT2D eigenvalue weighted by atomic mass is 32.2. The van der Waals surface area contributed by atoms with Crippen LogP contribution in [0.1, 0.15) is 47.5 Å². The number of thioether (sulfide) groups is 1. The van der Waals surface area contributed by atoms with Gasteiger partial charge in [-0.25, -0.2) is 8.78 Å². The molecule has 0 nitrogen and oxygen atoms in total. The van der Waals surface area contributed by atoms with Crippen LogP contribution in [0.15, 0.2) is 11.1 Å². The number of rotatable bonds is 4. The van der Waals surface area contributed by atoms with Gasteiger partial charge >= 0.3 is 0 Å². The monoisotopic (exact) mass is 274 g/mol. The minimum Gasteiger partial charge on any atom is -0.207 e. The number of alkyl halides is 2. The standard InChI is InChI=1S/C15H24F2S/c1-8(2)12-11-6-10(7-15(5,16)17)14(18-11)13(12)9(3)4/h8-11,14H,6-7H2,1-5H3. The Morgan fingerprint density at radius 1 is 1.17 bits per heavy atom. The highest BCUT2D eigenvalue weighted by molar-refractivity contribution is 8.01. The van der Waals surface area contributed by atoms with Gasteiger partial charge in [-0.05, 0) is 31.1 Å². The Morgan fingerprint density at radius 2 is 1.72 bits per heavy atom. The molecule has 2 rings (SSSR count). The minimum absolute atomic E-state index is 0.0583. The third-order valence-corrected chi connectivity index (χ3v) is 5.81. The average molecular weight is 274 g/mol. The number of halogens is 2. The van der Waals surface area contributed by atoms with E-state index >= 15 is 0 Å². The maximum atomic E-state index is 13.3. The Hall–Kier alpha value is -0.0500. The lowest BCUT2D eigenvalue weighted by atomic mass is 9.74. The molecule has 0 aromatic rings. The SMILES string of the molecule is CC(C)C1=C(C(C)C)C2SC1CC2CC(C)(F)F. The molecule has 3 atom stereocenters. The van der Waals surface area contributed by atoms with Gasteiger partial charge < -0.3 is 0 Å². The molecule has 2 aliphatic rings. The lowest BCUT2D eigenvalue weighted by Crippen LogP contribution is -2.28. The van der Waals surface area contributed by atoms with Crippen molar-refractivity contribution in [3.8, 4) is 0 Å². The third-order valence-electron chi connectivity index (χ3n) is 4.11. The van der Waals surface area contributed by atoms with Crippen LogP contribution in [0.4, 0.5) is 8.78 Å². The molecule has 2 aliphatic heterocycles. The summed E-state index contributed by atoms with van der Waals surface area (Å²) in [5, 5.41) is 0.873. The molecule has 0 spiro atoms. The maximum Gasteiger partial charge on any atom is 0.245 e. The molecule has 0 aromatic carbocycles. The zero-order chi connectivity index (χ0) is 13.7. The van der Waals surface area contributed by atoms with E-state index in [1.807, 2.05) is 11.8 Å². The van der Waals surface area contributed by atoms with E-state index in [1.54, 1.807) is 5.57 Å². The van der Waals surface area contributed by atoms with Crippen molar-refractivity contribution < 1.29 is 8.78 Å². The van der Waals surface area contributed by atoms with Crippen molar-refractivity contribution in [1.29, 1.82) is 0 Å². The molecular formula is C15H24F2S. The summed E-state index contributed by atoms with van der Waals surface area (Å²) >= 11 is 1.95. The number of hydrogen-bond acceptors (Lipinski definition) is 1. The normalized spacial score (nSPS) is 32.2. The van der Waals surface area contributed by atoms with Crippen molar-refractivity contribution in [3.63, 3.8) is 0 Å². The largest absolute Gasteiger partial charge is 0.245 e. The predicted octanol–water partition coefficient (Wildman–Crippen LogP) is 5.14. The first-order chi connectivity index (χ1) is 8.20. The highest BCUT2D eigenvalue weighted by Crippen LogP contribution is 2.58. The van der Waals surface area contributed by atoms with E-state index in [2.05, 4.69) is 27.7 Å². The highest BCUT2D eigenvalue weighted by Gasteiger charge is 2.49. The van der Waals surface area contributed by atoms with Crippen molar-refractivity contribution in [1.82, 2.24) is 0 Å². The Bertz CT molecular complexity index is 352. The van der Waals surface area contributed by atoms with Gasteiger partial charge in [-0.1, -0.05) is 38.8 Å². The lowest BCUT2D eigenvalue weighted by Gasteiger charge is -2.31. The Kier molecular flexibility index (Phi) is 3.84. The molecule has 2 heterocycles. The molecule has 1 fully saturated rings. The fourth-order valence-electron chi connectivity index (χ4n) is 3.64. The molecule has 1 saturated heterocycles. The molecule has 0 aliphatic carbocycles. The molecule has 3 unspecified atom stereocenters. The molecule has 0 amide bonds. The molecule has 0 N–H and O–H groups in total. The first-order valence-corrected chi connectivity index (χ1v) is 7.92. The minimum atomic E-state index is -2.52. The second-order valence-electron chi connectivity index (χ2n) is 6.54. The molecule has 104 valence electrons. The first-order valence-electron chi connectivity index (χ1n) is 6.98. The van der Waals surface area contributed by atoms with Crippen molar-refractivity contribution in [2.45, 2.75) is 63.9 Å². The van der Waals surface area contributed by atoms with Gasteiger partial charge in [-0.3, -0.25) is 0 Å². The van der Waals surface area contributed by atoms with E-state index in [-0.39, 0.29) is 12.3 Å².